The van der Waals surface area contributed by atoms with Crippen LogP contribution in [0.4, 0.5) is 0 Å². The average Bonchev–Trinajstić information content (AvgIpc) is 3.41. The second-order valence-corrected chi connectivity index (χ2v) is 12.8. The molecule has 0 aromatic heterocycles. The largest absolute Gasteiger partial charge is 0.346 e. The van der Waals surface area contributed by atoms with Crippen LogP contribution in [-0.4, -0.2) is 21.8 Å². The van der Waals surface area contributed by atoms with Crippen molar-refractivity contribution in [3.63, 3.8) is 0 Å². The standard InChI is InChI=1S/4C10H15.CH4O3.2Ti/c4*1-6-7(2)9(4)10(5)8(6)3;2-1(3)4;;/h4*1-5H3;1-4H;;. The molecule has 0 saturated heterocycles. The van der Waals surface area contributed by atoms with E-state index in [1.54, 1.807) is 0 Å². The Morgan fingerprint density at radius 2 is 0.283 bits per heavy atom. The van der Waals surface area contributed by atoms with Crippen molar-refractivity contribution in [2.24, 2.45) is 0 Å². The fourth-order valence-corrected chi connectivity index (χ4v) is 5.62. The summed E-state index contributed by atoms with van der Waals surface area (Å²) < 4.78 is 0. The number of hydrogen-bond donors (Lipinski definition) is 3. The van der Waals surface area contributed by atoms with E-state index in [9.17, 15) is 0 Å². The van der Waals surface area contributed by atoms with Gasteiger partial charge in [-0.25, -0.2) is 0 Å². The van der Waals surface area contributed by atoms with Gasteiger partial charge in [-0.15, -0.1) is 0 Å². The Morgan fingerprint density at radius 3 is 0.304 bits per heavy atom. The zero-order valence-electron chi connectivity index (χ0n) is 32.9. The van der Waals surface area contributed by atoms with Crippen molar-refractivity contribution in [1.82, 2.24) is 0 Å². The predicted octanol–water partition coefficient (Wildman–Crippen LogP) is 11.3. The molecule has 5 heteroatoms. The third-order valence-electron chi connectivity index (χ3n) is 11.2. The molecule has 0 heterocycles. The molecule has 0 bridgehead atoms. The van der Waals surface area contributed by atoms with E-state index in [-0.39, 0.29) is 43.4 Å². The van der Waals surface area contributed by atoms with E-state index in [0.29, 0.717) is 0 Å². The van der Waals surface area contributed by atoms with E-state index in [1.807, 2.05) is 0 Å². The Bertz CT molecular complexity index is 1040. The molecule has 4 aliphatic carbocycles. The molecule has 0 aliphatic heterocycles. The molecule has 0 saturated carbocycles. The molecule has 0 spiro atoms. The smallest absolute Gasteiger partial charge is 0.263 e. The van der Waals surface area contributed by atoms with Crippen LogP contribution in [0, 0.1) is 23.7 Å². The summed E-state index contributed by atoms with van der Waals surface area (Å²) in [4.78, 5) is 0. The van der Waals surface area contributed by atoms with E-state index in [1.165, 1.54) is 113 Å². The maximum Gasteiger partial charge on any atom is 0.263 e. The number of aliphatic hydroxyl groups excluding tert-OH is 1. The fourth-order valence-electron chi connectivity index (χ4n) is 5.62. The van der Waals surface area contributed by atoms with Crippen LogP contribution < -0.4 is 0 Å². The number of hydrogen-bond acceptors (Lipinski definition) is 3. The average molecular weight is 701 g/mol. The molecule has 3 N–H and O–H groups in total. The first kappa shape index (κ1) is 49.6. The van der Waals surface area contributed by atoms with E-state index in [4.69, 9.17) is 15.3 Å². The van der Waals surface area contributed by atoms with Crippen LogP contribution in [0.25, 0.3) is 0 Å². The maximum absolute atomic E-state index is 7.17. The van der Waals surface area contributed by atoms with Gasteiger partial charge in [0.25, 0.3) is 6.48 Å². The molecule has 0 atom stereocenters. The number of rotatable bonds is 0. The Hall–Kier alpha value is -0.771. The van der Waals surface area contributed by atoms with Gasteiger partial charge in [-0.2, -0.15) is 0 Å². The summed E-state index contributed by atoms with van der Waals surface area (Å²) in [6.07, 6.45) is 0. The third-order valence-corrected chi connectivity index (χ3v) is 11.2. The van der Waals surface area contributed by atoms with E-state index in [0.717, 1.165) is 0 Å². The van der Waals surface area contributed by atoms with Crippen LogP contribution in [0.15, 0.2) is 89.2 Å². The Labute approximate surface area is 314 Å². The summed E-state index contributed by atoms with van der Waals surface area (Å²) in [6.45, 7) is 41.8. The van der Waals surface area contributed by atoms with Gasteiger partial charge in [-0.3, -0.25) is 0 Å². The van der Waals surface area contributed by atoms with Crippen LogP contribution in [0.5, 0.6) is 0 Å². The van der Waals surface area contributed by atoms with Gasteiger partial charge in [0.15, 0.2) is 0 Å². The molecule has 0 amide bonds. The van der Waals surface area contributed by atoms with Crippen molar-refractivity contribution in [3.8, 4) is 0 Å². The molecular weight excluding hydrogens is 636 g/mol. The van der Waals surface area contributed by atoms with Crippen molar-refractivity contribution in [1.29, 1.82) is 0 Å². The van der Waals surface area contributed by atoms with Gasteiger partial charge < -0.3 is 15.3 Å². The summed E-state index contributed by atoms with van der Waals surface area (Å²) >= 11 is 0. The normalized spacial score (nSPS) is 19.3. The fraction of sp³-hybridized carbons (Fsp3) is 0.512. The second kappa shape index (κ2) is 21.3. The SMILES string of the molecule is C[C]1C(C)=C(C)C(C)=C1C.C[C]1C(C)=C(C)C(C)=C1C.C[C]1C(C)=C(C)C(C)=C1C.C[C]1C(C)=C(C)C(C)=C1C.OC(O)O.[Ti].[Ti]. The van der Waals surface area contributed by atoms with Gasteiger partial charge in [0.2, 0.25) is 0 Å². The maximum atomic E-state index is 7.17. The minimum absolute atomic E-state index is 0. The summed E-state index contributed by atoms with van der Waals surface area (Å²) in [5.41, 5.74) is 23.5. The molecular formula is C41H64O3Ti2. The molecule has 254 valence electrons. The first-order chi connectivity index (χ1) is 19.9. The minimum Gasteiger partial charge on any atom is -0.346 e. The number of aliphatic hydroxyl groups is 3. The molecule has 4 rings (SSSR count). The van der Waals surface area contributed by atoms with Crippen molar-refractivity contribution < 1.29 is 58.8 Å². The quantitative estimate of drug-likeness (QED) is 0.174. The summed E-state index contributed by atoms with van der Waals surface area (Å²) in [5.74, 6) is 5.87. The summed E-state index contributed by atoms with van der Waals surface area (Å²) in [7, 11) is 0. The monoisotopic (exact) mass is 700 g/mol. The molecule has 0 fully saturated rings. The molecule has 0 unspecified atom stereocenters. The topological polar surface area (TPSA) is 60.7 Å². The van der Waals surface area contributed by atoms with Crippen molar-refractivity contribution >= 4 is 0 Å². The minimum atomic E-state index is -2.17. The van der Waals surface area contributed by atoms with E-state index < -0.39 is 6.48 Å². The van der Waals surface area contributed by atoms with Crippen LogP contribution in [0.2, 0.25) is 0 Å². The first-order valence-electron chi connectivity index (χ1n) is 15.8. The predicted molar refractivity (Wildman–Crippen MR) is 193 cm³/mol. The van der Waals surface area contributed by atoms with Gasteiger partial charge in [0.1, 0.15) is 0 Å². The van der Waals surface area contributed by atoms with Crippen LogP contribution in [0.3, 0.4) is 0 Å². The molecule has 3 nitrogen and oxygen atoms in total. The Kier molecular flexibility index (Phi) is 23.0. The zero-order chi connectivity index (χ0) is 35.1. The number of allylic oxidation sites excluding steroid dienone is 16. The molecule has 0 aromatic rings. The summed E-state index contributed by atoms with van der Waals surface area (Å²) in [6, 6.07) is 0. The van der Waals surface area contributed by atoms with Crippen LogP contribution in [-0.2, 0) is 43.4 Å². The van der Waals surface area contributed by atoms with Gasteiger partial charge >= 0.3 is 0 Å². The Morgan fingerprint density at radius 1 is 0.217 bits per heavy atom. The molecule has 4 radical (unpaired) electrons. The summed E-state index contributed by atoms with van der Waals surface area (Å²) in [5, 5.41) is 21.5. The molecule has 46 heavy (non-hydrogen) atoms. The van der Waals surface area contributed by atoms with Gasteiger partial charge in [-0.05, 0) is 155 Å². The van der Waals surface area contributed by atoms with Gasteiger partial charge in [-0.1, -0.05) is 72.3 Å². The molecule has 4 aliphatic rings. The van der Waals surface area contributed by atoms with E-state index >= 15 is 0 Å². The van der Waals surface area contributed by atoms with Crippen LogP contribution >= 0.6 is 0 Å². The Balaban J connectivity index is -0.000000508. The van der Waals surface area contributed by atoms with Crippen molar-refractivity contribution in [3.05, 3.63) is 113 Å². The van der Waals surface area contributed by atoms with Gasteiger partial charge in [0, 0.05) is 67.1 Å². The third kappa shape index (κ3) is 12.3. The second-order valence-electron chi connectivity index (χ2n) is 12.8. The van der Waals surface area contributed by atoms with Crippen LogP contribution in [0.1, 0.15) is 138 Å². The zero-order valence-corrected chi connectivity index (χ0v) is 36.0. The first-order valence-corrected chi connectivity index (χ1v) is 15.8. The van der Waals surface area contributed by atoms with Gasteiger partial charge in [0.05, 0.1) is 0 Å². The molecule has 0 aromatic carbocycles. The van der Waals surface area contributed by atoms with Crippen molar-refractivity contribution in [2.75, 3.05) is 0 Å². The van der Waals surface area contributed by atoms with E-state index in [2.05, 4.69) is 138 Å². The van der Waals surface area contributed by atoms with Crippen molar-refractivity contribution in [2.45, 2.75) is 145 Å².